The number of isothiocyanates is 1. The molecule has 0 aliphatic carbocycles. The lowest BCUT2D eigenvalue weighted by molar-refractivity contribution is -0.697. The number of aromatic nitrogens is 1. The highest BCUT2D eigenvalue weighted by molar-refractivity contribution is 7.78. The highest BCUT2D eigenvalue weighted by Crippen LogP contribution is 2.22. The van der Waals surface area contributed by atoms with Gasteiger partial charge in [0.15, 0.2) is 18.9 Å². The number of aliphatic imine (C=N–C) groups is 1. The Morgan fingerprint density at radius 1 is 1.22 bits per heavy atom. The van der Waals surface area contributed by atoms with Crippen molar-refractivity contribution in [1.29, 1.82) is 0 Å². The van der Waals surface area contributed by atoms with Gasteiger partial charge in [0, 0.05) is 11.6 Å². The van der Waals surface area contributed by atoms with E-state index in [1.54, 1.807) is 0 Å². The molecule has 0 aliphatic rings. The molecule has 0 saturated heterocycles. The zero-order valence-corrected chi connectivity index (χ0v) is 10.6. The molecule has 2 aromatic rings. The lowest BCUT2D eigenvalue weighted by Crippen LogP contribution is -2.34. The number of nitrogens with zero attached hydrogens (tertiary/aromatic N) is 2. The molecular formula is C14H13N2OS+. The molecule has 0 amide bonds. The Labute approximate surface area is 111 Å². The molecule has 1 N–H and O–H groups in total. The molecule has 0 bridgehead atoms. The Kier molecular flexibility index (Phi) is 4.31. The molecule has 18 heavy (non-hydrogen) atoms. The van der Waals surface area contributed by atoms with Crippen LogP contribution in [0.15, 0.2) is 53.8 Å². The fourth-order valence-electron chi connectivity index (χ4n) is 1.76. The summed E-state index contributed by atoms with van der Waals surface area (Å²) in [6, 6.07) is 11.8. The van der Waals surface area contributed by atoms with Crippen molar-refractivity contribution in [3.63, 3.8) is 0 Å². The van der Waals surface area contributed by atoms with Crippen LogP contribution in [-0.2, 0) is 6.54 Å². The molecule has 0 atom stereocenters. The summed E-state index contributed by atoms with van der Waals surface area (Å²) in [6.45, 7) is 0.717. The first-order chi connectivity index (χ1) is 8.83. The molecule has 1 aromatic heterocycles. The van der Waals surface area contributed by atoms with Crippen LogP contribution in [0.3, 0.4) is 0 Å². The Bertz CT molecular complexity index is 592. The maximum atomic E-state index is 8.94. The van der Waals surface area contributed by atoms with Crippen molar-refractivity contribution in [3.8, 4) is 11.1 Å². The van der Waals surface area contributed by atoms with Gasteiger partial charge < -0.3 is 5.11 Å². The number of pyridine rings is 1. The molecule has 3 nitrogen and oxygen atoms in total. The third-order valence-corrected chi connectivity index (χ3v) is 2.66. The minimum absolute atomic E-state index is 0.128. The van der Waals surface area contributed by atoms with E-state index in [1.807, 2.05) is 53.4 Å². The van der Waals surface area contributed by atoms with Crippen molar-refractivity contribution in [2.24, 2.45) is 4.99 Å². The van der Waals surface area contributed by atoms with Gasteiger partial charge in [-0.3, -0.25) is 0 Å². The number of benzene rings is 1. The standard InChI is InChI=1S/C14H13N2OS/c17-8-7-16-6-2-4-13(10-16)12-3-1-5-14(9-12)15-11-18/h1-6,9-10,17H,7-8H2/q+1. The van der Waals surface area contributed by atoms with Gasteiger partial charge in [-0.25, -0.2) is 4.57 Å². The molecule has 0 aliphatic heterocycles. The Balaban J connectivity index is 2.38. The number of hydrogen-bond acceptors (Lipinski definition) is 3. The quantitative estimate of drug-likeness (QED) is 0.518. The first-order valence-electron chi connectivity index (χ1n) is 5.62. The van der Waals surface area contributed by atoms with Crippen molar-refractivity contribution in [1.82, 2.24) is 0 Å². The van der Waals surface area contributed by atoms with E-state index >= 15 is 0 Å². The largest absolute Gasteiger partial charge is 0.390 e. The first-order valence-corrected chi connectivity index (χ1v) is 6.02. The molecule has 1 heterocycles. The SMILES string of the molecule is OCC[n+]1cccc(-c2cccc(N=C=S)c2)c1. The fourth-order valence-corrected chi connectivity index (χ4v) is 1.86. The van der Waals surface area contributed by atoms with Crippen LogP contribution < -0.4 is 4.57 Å². The molecule has 0 spiro atoms. The summed E-state index contributed by atoms with van der Waals surface area (Å²) in [4.78, 5) is 3.97. The highest BCUT2D eigenvalue weighted by atomic mass is 32.1. The second kappa shape index (κ2) is 6.17. The molecule has 4 heteroatoms. The monoisotopic (exact) mass is 257 g/mol. The van der Waals surface area contributed by atoms with Crippen LogP contribution in [-0.4, -0.2) is 16.9 Å². The maximum Gasteiger partial charge on any atom is 0.176 e. The van der Waals surface area contributed by atoms with Crippen molar-refractivity contribution in [2.45, 2.75) is 6.54 Å². The Morgan fingerprint density at radius 2 is 2.06 bits per heavy atom. The van der Waals surface area contributed by atoms with Gasteiger partial charge in [-0.1, -0.05) is 12.1 Å². The molecule has 1 aromatic carbocycles. The van der Waals surface area contributed by atoms with E-state index in [-0.39, 0.29) is 6.61 Å². The van der Waals surface area contributed by atoms with Gasteiger partial charge in [-0.15, -0.1) is 0 Å². The smallest absolute Gasteiger partial charge is 0.176 e. The van der Waals surface area contributed by atoms with Crippen molar-refractivity contribution >= 4 is 23.1 Å². The normalized spacial score (nSPS) is 9.83. The molecule has 0 fully saturated rings. The third kappa shape index (κ3) is 3.08. The third-order valence-electron chi connectivity index (χ3n) is 2.57. The summed E-state index contributed by atoms with van der Waals surface area (Å²) >= 11 is 4.60. The summed E-state index contributed by atoms with van der Waals surface area (Å²) in [7, 11) is 0. The number of aliphatic hydroxyl groups is 1. The Morgan fingerprint density at radius 3 is 2.83 bits per heavy atom. The molecular weight excluding hydrogens is 244 g/mol. The van der Waals surface area contributed by atoms with Crippen molar-refractivity contribution < 1.29 is 9.67 Å². The Hall–Kier alpha value is -1.87. The second-order valence-electron chi connectivity index (χ2n) is 3.81. The summed E-state index contributed by atoms with van der Waals surface area (Å²) in [6.07, 6.45) is 3.93. The van der Waals surface area contributed by atoms with E-state index in [9.17, 15) is 0 Å². The maximum absolute atomic E-state index is 8.94. The van der Waals surface area contributed by atoms with Crippen LogP contribution in [0.5, 0.6) is 0 Å². The summed E-state index contributed by atoms with van der Waals surface area (Å²) in [5.41, 5.74) is 2.93. The van der Waals surface area contributed by atoms with Crippen LogP contribution in [0.4, 0.5) is 5.69 Å². The fraction of sp³-hybridized carbons (Fsp3) is 0.143. The zero-order chi connectivity index (χ0) is 12.8. The molecule has 2 rings (SSSR count). The highest BCUT2D eigenvalue weighted by Gasteiger charge is 2.04. The van der Waals surface area contributed by atoms with Crippen LogP contribution in [0.2, 0.25) is 0 Å². The number of rotatable bonds is 4. The number of aliphatic hydroxyl groups excluding tert-OH is 1. The van der Waals surface area contributed by atoms with Crippen LogP contribution in [0, 0.1) is 0 Å². The average Bonchev–Trinajstić information content (AvgIpc) is 2.40. The van der Waals surface area contributed by atoms with E-state index in [0.29, 0.717) is 6.54 Å². The van der Waals surface area contributed by atoms with Gasteiger partial charge in [0.2, 0.25) is 0 Å². The topological polar surface area (TPSA) is 36.5 Å². The van der Waals surface area contributed by atoms with E-state index in [2.05, 4.69) is 22.4 Å². The minimum atomic E-state index is 0.128. The van der Waals surface area contributed by atoms with Crippen LogP contribution in [0.1, 0.15) is 0 Å². The molecule has 0 radical (unpaired) electrons. The van der Waals surface area contributed by atoms with E-state index in [0.717, 1.165) is 16.8 Å². The second-order valence-corrected chi connectivity index (χ2v) is 3.99. The van der Waals surface area contributed by atoms with Gasteiger partial charge in [0.25, 0.3) is 0 Å². The number of thiocarbonyl (C=S) groups is 1. The van der Waals surface area contributed by atoms with E-state index < -0.39 is 0 Å². The average molecular weight is 257 g/mol. The minimum Gasteiger partial charge on any atom is -0.390 e. The summed E-state index contributed by atoms with van der Waals surface area (Å²) in [5.74, 6) is 0. The van der Waals surface area contributed by atoms with Crippen molar-refractivity contribution in [3.05, 3.63) is 48.8 Å². The predicted molar refractivity (Wildman–Crippen MR) is 73.8 cm³/mol. The van der Waals surface area contributed by atoms with Crippen molar-refractivity contribution in [2.75, 3.05) is 6.61 Å². The van der Waals surface area contributed by atoms with Gasteiger partial charge in [-0.05, 0) is 36.0 Å². The summed E-state index contributed by atoms with van der Waals surface area (Å²) in [5, 5.41) is 11.3. The molecule has 90 valence electrons. The van der Waals surface area contributed by atoms with Crippen LogP contribution in [0.25, 0.3) is 11.1 Å². The predicted octanol–water partition coefficient (Wildman–Crippen LogP) is 2.37. The van der Waals surface area contributed by atoms with Gasteiger partial charge in [-0.2, -0.15) is 4.99 Å². The lowest BCUT2D eigenvalue weighted by Gasteiger charge is -2.01. The lowest BCUT2D eigenvalue weighted by atomic mass is 10.1. The van der Waals surface area contributed by atoms with Crippen LogP contribution >= 0.6 is 12.2 Å². The number of hydrogen-bond donors (Lipinski definition) is 1. The summed E-state index contributed by atoms with van der Waals surface area (Å²) < 4.78 is 1.95. The van der Waals surface area contributed by atoms with E-state index in [4.69, 9.17) is 5.11 Å². The molecule has 0 unspecified atom stereocenters. The molecule has 0 saturated carbocycles. The first kappa shape index (κ1) is 12.6. The van der Waals surface area contributed by atoms with Gasteiger partial charge in [0.05, 0.1) is 10.8 Å². The van der Waals surface area contributed by atoms with Gasteiger partial charge in [0.1, 0.15) is 6.61 Å². The van der Waals surface area contributed by atoms with Gasteiger partial charge >= 0.3 is 0 Å². The zero-order valence-electron chi connectivity index (χ0n) is 9.78. The van der Waals surface area contributed by atoms with E-state index in [1.165, 1.54) is 0 Å².